The summed E-state index contributed by atoms with van der Waals surface area (Å²) in [5.41, 5.74) is 8.91. The van der Waals surface area contributed by atoms with Gasteiger partial charge in [0.15, 0.2) is 0 Å². The lowest BCUT2D eigenvalue weighted by molar-refractivity contribution is 0.340. The van der Waals surface area contributed by atoms with Crippen molar-refractivity contribution in [1.29, 1.82) is 0 Å². The summed E-state index contributed by atoms with van der Waals surface area (Å²) in [5, 5.41) is 0. The van der Waals surface area contributed by atoms with E-state index in [1.54, 1.807) is 0 Å². The molecular formula is C15H18N2O. The third kappa shape index (κ3) is 2.87. The minimum Gasteiger partial charge on any atom is -0.494 e. The van der Waals surface area contributed by atoms with Crippen molar-refractivity contribution in [2.75, 3.05) is 13.2 Å². The summed E-state index contributed by atoms with van der Waals surface area (Å²) in [7, 11) is 0. The van der Waals surface area contributed by atoms with Crippen LogP contribution in [0.15, 0.2) is 42.6 Å². The van der Waals surface area contributed by atoms with Crippen LogP contribution in [0.5, 0.6) is 5.75 Å². The number of nitrogens with zero attached hydrogens (tertiary/aromatic N) is 1. The zero-order chi connectivity index (χ0) is 12.8. The molecule has 0 unspecified atom stereocenters. The molecule has 0 aliphatic carbocycles. The number of pyridine rings is 1. The van der Waals surface area contributed by atoms with Crippen LogP contribution in [-0.4, -0.2) is 18.1 Å². The highest BCUT2D eigenvalue weighted by molar-refractivity contribution is 5.63. The van der Waals surface area contributed by atoms with Gasteiger partial charge in [0.05, 0.1) is 12.3 Å². The van der Waals surface area contributed by atoms with Crippen molar-refractivity contribution in [2.45, 2.75) is 13.3 Å². The van der Waals surface area contributed by atoms with Crippen LogP contribution in [0.4, 0.5) is 0 Å². The number of rotatable bonds is 5. The Morgan fingerprint density at radius 2 is 1.94 bits per heavy atom. The molecule has 0 aliphatic rings. The second-order valence-electron chi connectivity index (χ2n) is 4.01. The molecule has 0 saturated heterocycles. The van der Waals surface area contributed by atoms with Gasteiger partial charge in [0, 0.05) is 11.8 Å². The topological polar surface area (TPSA) is 48.1 Å². The van der Waals surface area contributed by atoms with E-state index < -0.39 is 0 Å². The maximum Gasteiger partial charge on any atom is 0.119 e. The Morgan fingerprint density at radius 3 is 2.61 bits per heavy atom. The molecule has 2 rings (SSSR count). The summed E-state index contributed by atoms with van der Waals surface area (Å²) in [6.07, 6.45) is 2.65. The Hall–Kier alpha value is -1.87. The lowest BCUT2D eigenvalue weighted by atomic mass is 10.0. The Balaban J connectivity index is 2.30. The van der Waals surface area contributed by atoms with Crippen LogP contribution in [0.3, 0.4) is 0 Å². The fourth-order valence-corrected chi connectivity index (χ4v) is 1.93. The average Bonchev–Trinajstić information content (AvgIpc) is 2.41. The summed E-state index contributed by atoms with van der Waals surface area (Å²) in [5.74, 6) is 0.887. The standard InChI is InChI=1S/C15H18N2O/c1-2-18-14-7-5-13(6-8-14)15-12(9-10-16)4-3-11-17-15/h3-8,11H,2,9-10,16H2,1H3. The van der Waals surface area contributed by atoms with Crippen LogP contribution < -0.4 is 10.5 Å². The monoisotopic (exact) mass is 242 g/mol. The zero-order valence-corrected chi connectivity index (χ0v) is 10.6. The van der Waals surface area contributed by atoms with Crippen molar-refractivity contribution in [3.63, 3.8) is 0 Å². The normalized spacial score (nSPS) is 10.3. The molecule has 0 spiro atoms. The van der Waals surface area contributed by atoms with E-state index in [2.05, 4.69) is 11.1 Å². The van der Waals surface area contributed by atoms with E-state index in [4.69, 9.17) is 10.5 Å². The van der Waals surface area contributed by atoms with Gasteiger partial charge in [-0.1, -0.05) is 6.07 Å². The Morgan fingerprint density at radius 1 is 1.17 bits per heavy atom. The molecule has 0 bridgehead atoms. The van der Waals surface area contributed by atoms with Gasteiger partial charge in [-0.05, 0) is 55.8 Å². The van der Waals surface area contributed by atoms with Crippen LogP contribution in [0.1, 0.15) is 12.5 Å². The summed E-state index contributed by atoms with van der Waals surface area (Å²) >= 11 is 0. The molecule has 0 aliphatic heterocycles. The molecule has 0 radical (unpaired) electrons. The van der Waals surface area contributed by atoms with Crippen molar-refractivity contribution in [1.82, 2.24) is 4.98 Å². The highest BCUT2D eigenvalue weighted by Gasteiger charge is 2.05. The first kappa shape index (κ1) is 12.6. The van der Waals surface area contributed by atoms with Crippen LogP contribution in [0.25, 0.3) is 11.3 Å². The van der Waals surface area contributed by atoms with E-state index in [9.17, 15) is 0 Å². The molecule has 0 amide bonds. The lowest BCUT2D eigenvalue weighted by Crippen LogP contribution is -2.04. The first-order valence-corrected chi connectivity index (χ1v) is 6.22. The van der Waals surface area contributed by atoms with E-state index in [-0.39, 0.29) is 0 Å². The minimum atomic E-state index is 0.635. The highest BCUT2D eigenvalue weighted by atomic mass is 16.5. The third-order valence-corrected chi connectivity index (χ3v) is 2.74. The van der Waals surface area contributed by atoms with Gasteiger partial charge < -0.3 is 10.5 Å². The van der Waals surface area contributed by atoms with Crippen molar-refractivity contribution in [3.8, 4) is 17.0 Å². The fraction of sp³-hybridized carbons (Fsp3) is 0.267. The third-order valence-electron chi connectivity index (χ3n) is 2.74. The smallest absolute Gasteiger partial charge is 0.119 e. The second kappa shape index (κ2) is 6.17. The van der Waals surface area contributed by atoms with Gasteiger partial charge in [-0.3, -0.25) is 4.98 Å². The van der Waals surface area contributed by atoms with Gasteiger partial charge in [0.25, 0.3) is 0 Å². The molecular weight excluding hydrogens is 224 g/mol. The van der Waals surface area contributed by atoms with Gasteiger partial charge in [-0.2, -0.15) is 0 Å². The van der Waals surface area contributed by atoms with E-state index in [1.165, 1.54) is 5.56 Å². The first-order valence-electron chi connectivity index (χ1n) is 6.22. The fourth-order valence-electron chi connectivity index (χ4n) is 1.93. The molecule has 0 atom stereocenters. The van der Waals surface area contributed by atoms with Gasteiger partial charge in [-0.15, -0.1) is 0 Å². The Bertz CT molecular complexity index is 494. The largest absolute Gasteiger partial charge is 0.494 e. The number of benzene rings is 1. The van der Waals surface area contributed by atoms with Gasteiger partial charge in [0.2, 0.25) is 0 Å². The summed E-state index contributed by atoms with van der Waals surface area (Å²) < 4.78 is 5.43. The average molecular weight is 242 g/mol. The number of aromatic nitrogens is 1. The molecule has 3 nitrogen and oxygen atoms in total. The first-order chi connectivity index (χ1) is 8.85. The summed E-state index contributed by atoms with van der Waals surface area (Å²) in [6, 6.07) is 12.0. The molecule has 94 valence electrons. The Kier molecular flexibility index (Phi) is 4.31. The van der Waals surface area contributed by atoms with Crippen molar-refractivity contribution >= 4 is 0 Å². The van der Waals surface area contributed by atoms with E-state index >= 15 is 0 Å². The molecule has 0 fully saturated rings. The van der Waals surface area contributed by atoms with E-state index in [1.807, 2.05) is 43.5 Å². The van der Waals surface area contributed by atoms with Crippen molar-refractivity contribution < 1.29 is 4.74 Å². The number of hydrogen-bond acceptors (Lipinski definition) is 3. The van der Waals surface area contributed by atoms with Crippen LogP contribution in [0.2, 0.25) is 0 Å². The van der Waals surface area contributed by atoms with Crippen LogP contribution in [0, 0.1) is 0 Å². The maximum absolute atomic E-state index is 5.62. The quantitative estimate of drug-likeness (QED) is 0.876. The number of nitrogens with two attached hydrogens (primary N) is 1. The molecule has 1 aromatic heterocycles. The predicted octanol–water partition coefficient (Wildman–Crippen LogP) is 2.65. The molecule has 1 aromatic carbocycles. The number of ether oxygens (including phenoxy) is 1. The van der Waals surface area contributed by atoms with Crippen LogP contribution in [-0.2, 0) is 6.42 Å². The highest BCUT2D eigenvalue weighted by Crippen LogP contribution is 2.23. The van der Waals surface area contributed by atoms with Crippen LogP contribution >= 0.6 is 0 Å². The van der Waals surface area contributed by atoms with Gasteiger partial charge in [-0.25, -0.2) is 0 Å². The Labute approximate surface area is 108 Å². The zero-order valence-electron chi connectivity index (χ0n) is 10.6. The predicted molar refractivity (Wildman–Crippen MR) is 73.6 cm³/mol. The molecule has 0 saturated carbocycles. The maximum atomic E-state index is 5.62. The van der Waals surface area contributed by atoms with Gasteiger partial charge >= 0.3 is 0 Å². The van der Waals surface area contributed by atoms with E-state index in [0.29, 0.717) is 13.2 Å². The molecule has 3 heteroatoms. The van der Waals surface area contributed by atoms with Crippen molar-refractivity contribution in [3.05, 3.63) is 48.2 Å². The lowest BCUT2D eigenvalue weighted by Gasteiger charge is -2.08. The van der Waals surface area contributed by atoms with E-state index in [0.717, 1.165) is 23.4 Å². The summed E-state index contributed by atoms with van der Waals surface area (Å²) in [6.45, 7) is 3.29. The molecule has 2 aromatic rings. The second-order valence-corrected chi connectivity index (χ2v) is 4.01. The van der Waals surface area contributed by atoms with Gasteiger partial charge in [0.1, 0.15) is 5.75 Å². The minimum absolute atomic E-state index is 0.635. The SMILES string of the molecule is CCOc1ccc(-c2ncccc2CCN)cc1. The van der Waals surface area contributed by atoms with Crippen molar-refractivity contribution in [2.24, 2.45) is 5.73 Å². The number of hydrogen-bond donors (Lipinski definition) is 1. The summed E-state index contributed by atoms with van der Waals surface area (Å²) in [4.78, 5) is 4.45. The molecule has 1 heterocycles. The molecule has 18 heavy (non-hydrogen) atoms. The molecule has 2 N–H and O–H groups in total.